The Kier molecular flexibility index (Phi) is 4.52. The van der Waals surface area contributed by atoms with Gasteiger partial charge in [-0.25, -0.2) is 4.39 Å². The smallest absolute Gasteiger partial charge is 0.261 e. The maximum absolute atomic E-state index is 13.5. The molecule has 0 bridgehead atoms. The number of nitrogens with zero attached hydrogens (tertiary/aromatic N) is 1. The number of nitrogens with one attached hydrogen (secondary N) is 1. The van der Waals surface area contributed by atoms with Crippen molar-refractivity contribution in [2.45, 2.75) is 13.5 Å². The van der Waals surface area contributed by atoms with Gasteiger partial charge in [0.1, 0.15) is 17.1 Å². The molecule has 6 heteroatoms. The Hall–Kier alpha value is -3.15. The van der Waals surface area contributed by atoms with Crippen molar-refractivity contribution >= 4 is 22.5 Å². The average Bonchev–Trinajstić information content (AvgIpc) is 2.63. The number of ether oxygens (including phenoxy) is 1. The molecule has 0 saturated carbocycles. The lowest BCUT2D eigenvalue weighted by Gasteiger charge is -2.12. The maximum Gasteiger partial charge on any atom is 0.261 e. The monoisotopic (exact) mass is 340 g/mol. The molecule has 1 N–H and O–H groups in total. The topological polar surface area (TPSA) is 60.3 Å². The van der Waals surface area contributed by atoms with E-state index < -0.39 is 17.2 Å². The summed E-state index contributed by atoms with van der Waals surface area (Å²) < 4.78 is 20.4. The van der Waals surface area contributed by atoms with E-state index in [1.54, 1.807) is 42.0 Å². The van der Waals surface area contributed by atoms with E-state index in [0.29, 0.717) is 23.5 Å². The van der Waals surface area contributed by atoms with Crippen LogP contribution in [0, 0.1) is 5.82 Å². The van der Waals surface area contributed by atoms with Crippen LogP contribution in [0.4, 0.5) is 10.1 Å². The molecule has 0 unspecified atom stereocenters. The molecule has 0 aliphatic heterocycles. The Balaban J connectivity index is 2.03. The standard InChI is InChI=1S/C19H17FN2O3/c1-3-22-11-16(18(23)15-10-12(20)4-9-17(15)22)19(24)21-13-5-7-14(25-2)8-6-13/h4-11H,3H2,1-2H3,(H,21,24). The fourth-order valence-corrected chi connectivity index (χ4v) is 2.67. The number of hydrogen-bond acceptors (Lipinski definition) is 3. The van der Waals surface area contributed by atoms with E-state index in [0.717, 1.165) is 6.07 Å². The number of methoxy groups -OCH3 is 1. The van der Waals surface area contributed by atoms with Gasteiger partial charge in [0.05, 0.1) is 12.6 Å². The van der Waals surface area contributed by atoms with Crippen LogP contribution in [0.5, 0.6) is 5.75 Å². The van der Waals surface area contributed by atoms with Gasteiger partial charge >= 0.3 is 0 Å². The van der Waals surface area contributed by atoms with Gasteiger partial charge in [-0.05, 0) is 49.4 Å². The Morgan fingerprint density at radius 1 is 1.20 bits per heavy atom. The number of amides is 1. The van der Waals surface area contributed by atoms with Crippen molar-refractivity contribution in [2.24, 2.45) is 0 Å². The van der Waals surface area contributed by atoms with Crippen molar-refractivity contribution in [2.75, 3.05) is 12.4 Å². The summed E-state index contributed by atoms with van der Waals surface area (Å²) in [5.41, 5.74) is 0.600. The number of hydrogen-bond donors (Lipinski definition) is 1. The van der Waals surface area contributed by atoms with Gasteiger partial charge < -0.3 is 14.6 Å². The minimum atomic E-state index is -0.538. The molecule has 3 aromatic rings. The number of benzene rings is 2. The lowest BCUT2D eigenvalue weighted by molar-refractivity contribution is 0.102. The Labute approximate surface area is 143 Å². The highest BCUT2D eigenvalue weighted by molar-refractivity contribution is 6.05. The summed E-state index contributed by atoms with van der Waals surface area (Å²) in [6.07, 6.45) is 1.50. The molecule has 0 fully saturated rings. The minimum Gasteiger partial charge on any atom is -0.497 e. The van der Waals surface area contributed by atoms with E-state index in [4.69, 9.17) is 4.74 Å². The van der Waals surface area contributed by atoms with Gasteiger partial charge in [-0.15, -0.1) is 0 Å². The first-order chi connectivity index (χ1) is 12.0. The third kappa shape index (κ3) is 3.24. The van der Waals surface area contributed by atoms with Gasteiger partial charge in [0.25, 0.3) is 5.91 Å². The lowest BCUT2D eigenvalue weighted by atomic mass is 10.1. The predicted octanol–water partition coefficient (Wildman–Crippen LogP) is 3.42. The van der Waals surface area contributed by atoms with E-state index in [-0.39, 0.29) is 10.9 Å². The molecule has 0 saturated heterocycles. The van der Waals surface area contributed by atoms with Crippen LogP contribution in [0.25, 0.3) is 10.9 Å². The first-order valence-corrected chi connectivity index (χ1v) is 7.81. The quantitative estimate of drug-likeness (QED) is 0.792. The zero-order valence-electron chi connectivity index (χ0n) is 13.9. The molecule has 0 aliphatic carbocycles. The van der Waals surface area contributed by atoms with E-state index in [2.05, 4.69) is 5.32 Å². The van der Waals surface area contributed by atoms with Crippen LogP contribution in [-0.2, 0) is 6.54 Å². The molecule has 0 aliphatic rings. The van der Waals surface area contributed by atoms with Gasteiger partial charge in [0.15, 0.2) is 0 Å². The molecular weight excluding hydrogens is 323 g/mol. The Morgan fingerprint density at radius 2 is 1.92 bits per heavy atom. The number of halogens is 1. The predicted molar refractivity (Wildman–Crippen MR) is 94.8 cm³/mol. The first kappa shape index (κ1) is 16.7. The second-order valence-electron chi connectivity index (χ2n) is 5.50. The van der Waals surface area contributed by atoms with Crippen LogP contribution in [-0.4, -0.2) is 17.6 Å². The summed E-state index contributed by atoms with van der Waals surface area (Å²) in [5, 5.41) is 2.86. The molecule has 0 radical (unpaired) electrons. The summed E-state index contributed by atoms with van der Waals surface area (Å²) in [6.45, 7) is 2.43. The zero-order chi connectivity index (χ0) is 18.0. The first-order valence-electron chi connectivity index (χ1n) is 7.81. The van der Waals surface area contributed by atoms with Crippen LogP contribution in [0.1, 0.15) is 17.3 Å². The molecule has 5 nitrogen and oxygen atoms in total. The van der Waals surface area contributed by atoms with Gasteiger partial charge in [0.2, 0.25) is 5.43 Å². The number of aromatic nitrogens is 1. The lowest BCUT2D eigenvalue weighted by Crippen LogP contribution is -2.24. The largest absolute Gasteiger partial charge is 0.497 e. The van der Waals surface area contributed by atoms with E-state index in [9.17, 15) is 14.0 Å². The Morgan fingerprint density at radius 3 is 2.56 bits per heavy atom. The van der Waals surface area contributed by atoms with Crippen LogP contribution in [0.2, 0.25) is 0 Å². The molecule has 3 rings (SSSR count). The molecule has 2 aromatic carbocycles. The fraction of sp³-hybridized carbons (Fsp3) is 0.158. The molecular formula is C19H17FN2O3. The number of rotatable bonds is 4. The van der Waals surface area contributed by atoms with Crippen molar-refractivity contribution in [1.82, 2.24) is 4.57 Å². The van der Waals surface area contributed by atoms with Gasteiger partial charge in [0, 0.05) is 23.8 Å². The van der Waals surface area contributed by atoms with Crippen LogP contribution in [0.3, 0.4) is 0 Å². The number of anilines is 1. The molecule has 25 heavy (non-hydrogen) atoms. The van der Waals surface area contributed by atoms with E-state index >= 15 is 0 Å². The van der Waals surface area contributed by atoms with E-state index in [1.807, 2.05) is 6.92 Å². The zero-order valence-corrected chi connectivity index (χ0v) is 13.9. The SMILES string of the molecule is CCn1cc(C(=O)Nc2ccc(OC)cc2)c(=O)c2cc(F)ccc21. The number of fused-ring (bicyclic) bond motifs is 1. The Bertz CT molecular complexity index is 994. The van der Waals surface area contributed by atoms with Crippen LogP contribution < -0.4 is 15.5 Å². The molecule has 1 amide bonds. The third-order valence-electron chi connectivity index (χ3n) is 3.98. The van der Waals surface area contributed by atoms with Gasteiger partial charge in [-0.2, -0.15) is 0 Å². The molecule has 0 spiro atoms. The summed E-state index contributed by atoms with van der Waals surface area (Å²) >= 11 is 0. The van der Waals surface area contributed by atoms with Crippen molar-refractivity contribution in [3.05, 3.63) is 70.3 Å². The molecule has 1 heterocycles. The van der Waals surface area contributed by atoms with E-state index in [1.165, 1.54) is 12.3 Å². The summed E-state index contributed by atoms with van der Waals surface area (Å²) in [4.78, 5) is 25.2. The van der Waals surface area contributed by atoms with Crippen LogP contribution >= 0.6 is 0 Å². The molecule has 0 atom stereocenters. The van der Waals surface area contributed by atoms with Crippen molar-refractivity contribution in [3.8, 4) is 5.75 Å². The minimum absolute atomic E-state index is 0.0317. The van der Waals surface area contributed by atoms with Crippen molar-refractivity contribution in [3.63, 3.8) is 0 Å². The van der Waals surface area contributed by atoms with Gasteiger partial charge in [-0.1, -0.05) is 0 Å². The number of carbonyl (C=O) groups excluding carboxylic acids is 1. The van der Waals surface area contributed by atoms with Gasteiger partial charge in [-0.3, -0.25) is 9.59 Å². The normalized spacial score (nSPS) is 10.7. The second kappa shape index (κ2) is 6.76. The summed E-state index contributed by atoms with van der Waals surface area (Å²) in [7, 11) is 1.55. The van der Waals surface area contributed by atoms with Crippen molar-refractivity contribution in [1.29, 1.82) is 0 Å². The molecule has 1 aromatic heterocycles. The number of pyridine rings is 1. The van der Waals surface area contributed by atoms with Crippen LogP contribution in [0.15, 0.2) is 53.5 Å². The highest BCUT2D eigenvalue weighted by Gasteiger charge is 2.16. The second-order valence-corrected chi connectivity index (χ2v) is 5.50. The average molecular weight is 340 g/mol. The molecule has 128 valence electrons. The highest BCUT2D eigenvalue weighted by Crippen LogP contribution is 2.17. The summed E-state index contributed by atoms with van der Waals surface area (Å²) in [5.74, 6) is -0.393. The number of aryl methyl sites for hydroxylation is 1. The third-order valence-corrected chi connectivity index (χ3v) is 3.98. The number of carbonyl (C=O) groups is 1. The maximum atomic E-state index is 13.5. The highest BCUT2D eigenvalue weighted by atomic mass is 19.1. The fourth-order valence-electron chi connectivity index (χ4n) is 2.67. The van der Waals surface area contributed by atoms with Crippen molar-refractivity contribution < 1.29 is 13.9 Å². The summed E-state index contributed by atoms with van der Waals surface area (Å²) in [6, 6.07) is 10.8.